The molecule has 0 aliphatic carbocycles. The number of pyridine rings is 1. The van der Waals surface area contributed by atoms with E-state index >= 15 is 0 Å². The molecule has 1 N–H and O–H groups in total. The quantitative estimate of drug-likeness (QED) is 0.783. The molecular formula is C10H6F3N3. The predicted octanol–water partition coefficient (Wildman–Crippen LogP) is 2.02. The van der Waals surface area contributed by atoms with E-state index in [4.69, 9.17) is 11.7 Å². The normalized spacial score (nSPS) is 10.3. The number of terminal acetylenes is 1. The van der Waals surface area contributed by atoms with Gasteiger partial charge in [0.25, 0.3) is 0 Å². The number of halogens is 3. The maximum atomic E-state index is 12.3. The van der Waals surface area contributed by atoms with Gasteiger partial charge in [0.2, 0.25) is 0 Å². The Morgan fingerprint density at radius 1 is 1.44 bits per heavy atom. The standard InChI is InChI=1S/C10H6F3N3/c1-2-5-15-9-7(6-14)3-4-8(16-9)10(11,12)13/h1,3-4H,5H2,(H,15,16). The van der Waals surface area contributed by atoms with E-state index in [2.05, 4.69) is 16.2 Å². The van der Waals surface area contributed by atoms with E-state index in [0.29, 0.717) is 0 Å². The molecule has 0 saturated heterocycles. The highest BCUT2D eigenvalue weighted by atomic mass is 19.4. The first-order chi connectivity index (χ1) is 7.49. The van der Waals surface area contributed by atoms with Crippen molar-refractivity contribution in [1.82, 2.24) is 4.98 Å². The first-order valence-corrected chi connectivity index (χ1v) is 4.14. The molecule has 0 radical (unpaired) electrons. The molecule has 0 bridgehead atoms. The third kappa shape index (κ3) is 2.64. The molecule has 0 fully saturated rings. The number of aromatic nitrogens is 1. The molecule has 6 heteroatoms. The number of anilines is 1. The van der Waals surface area contributed by atoms with Gasteiger partial charge in [-0.15, -0.1) is 6.42 Å². The van der Waals surface area contributed by atoms with Gasteiger partial charge in [-0.1, -0.05) is 5.92 Å². The number of nitrogens with zero attached hydrogens (tertiary/aromatic N) is 2. The minimum Gasteiger partial charge on any atom is -0.358 e. The Labute approximate surface area is 89.9 Å². The van der Waals surface area contributed by atoms with Gasteiger partial charge in [-0.3, -0.25) is 0 Å². The molecule has 0 unspecified atom stereocenters. The Bertz CT molecular complexity index is 466. The highest BCUT2D eigenvalue weighted by Gasteiger charge is 2.33. The third-order valence-electron chi connectivity index (χ3n) is 1.66. The molecule has 0 amide bonds. The summed E-state index contributed by atoms with van der Waals surface area (Å²) in [5.74, 6) is 2.03. The third-order valence-corrected chi connectivity index (χ3v) is 1.66. The van der Waals surface area contributed by atoms with Gasteiger partial charge in [0.05, 0.1) is 12.1 Å². The van der Waals surface area contributed by atoms with Crippen LogP contribution in [-0.2, 0) is 6.18 Å². The summed E-state index contributed by atoms with van der Waals surface area (Å²) >= 11 is 0. The van der Waals surface area contributed by atoms with Crippen LogP contribution < -0.4 is 5.32 Å². The molecule has 16 heavy (non-hydrogen) atoms. The fourth-order valence-corrected chi connectivity index (χ4v) is 0.977. The molecule has 1 heterocycles. The lowest BCUT2D eigenvalue weighted by molar-refractivity contribution is -0.141. The van der Waals surface area contributed by atoms with Crippen LogP contribution in [0.5, 0.6) is 0 Å². The number of nitrogens with one attached hydrogen (secondary N) is 1. The Kier molecular flexibility index (Phi) is 3.37. The van der Waals surface area contributed by atoms with Gasteiger partial charge in [-0.2, -0.15) is 18.4 Å². The predicted molar refractivity (Wildman–Crippen MR) is 51.3 cm³/mol. The second kappa shape index (κ2) is 4.54. The van der Waals surface area contributed by atoms with Crippen LogP contribution in [-0.4, -0.2) is 11.5 Å². The lowest BCUT2D eigenvalue weighted by Crippen LogP contribution is -2.11. The van der Waals surface area contributed by atoms with Gasteiger partial charge in [0.15, 0.2) is 0 Å². The number of hydrogen-bond acceptors (Lipinski definition) is 3. The van der Waals surface area contributed by atoms with Gasteiger partial charge in [0, 0.05) is 0 Å². The second-order valence-electron chi connectivity index (χ2n) is 2.76. The average Bonchev–Trinajstić information content (AvgIpc) is 2.24. The van der Waals surface area contributed by atoms with Crippen LogP contribution in [0, 0.1) is 23.7 Å². The summed E-state index contributed by atoms with van der Waals surface area (Å²) in [4.78, 5) is 3.30. The largest absolute Gasteiger partial charge is 0.433 e. The summed E-state index contributed by atoms with van der Waals surface area (Å²) in [6, 6.07) is 3.52. The lowest BCUT2D eigenvalue weighted by Gasteiger charge is -2.09. The van der Waals surface area contributed by atoms with Crippen LogP contribution in [0.15, 0.2) is 12.1 Å². The fraction of sp³-hybridized carbons (Fsp3) is 0.200. The number of hydrogen-bond donors (Lipinski definition) is 1. The monoisotopic (exact) mass is 225 g/mol. The Morgan fingerprint density at radius 3 is 2.62 bits per heavy atom. The minimum atomic E-state index is -4.54. The number of nitriles is 1. The number of rotatable bonds is 2. The summed E-state index contributed by atoms with van der Waals surface area (Å²) < 4.78 is 36.9. The van der Waals surface area contributed by atoms with E-state index in [0.717, 1.165) is 12.1 Å². The van der Waals surface area contributed by atoms with E-state index in [1.807, 2.05) is 0 Å². The Morgan fingerprint density at radius 2 is 2.12 bits per heavy atom. The van der Waals surface area contributed by atoms with Crippen molar-refractivity contribution >= 4 is 5.82 Å². The molecule has 1 aromatic rings. The van der Waals surface area contributed by atoms with Gasteiger partial charge < -0.3 is 5.32 Å². The van der Waals surface area contributed by atoms with Crippen molar-refractivity contribution in [1.29, 1.82) is 5.26 Å². The molecule has 82 valence electrons. The maximum absolute atomic E-state index is 12.3. The average molecular weight is 225 g/mol. The Balaban J connectivity index is 3.13. The van der Waals surface area contributed by atoms with Crippen LogP contribution in [0.1, 0.15) is 11.3 Å². The van der Waals surface area contributed by atoms with Crippen molar-refractivity contribution in [3.63, 3.8) is 0 Å². The molecular weight excluding hydrogens is 219 g/mol. The highest BCUT2D eigenvalue weighted by molar-refractivity contribution is 5.53. The van der Waals surface area contributed by atoms with E-state index in [1.165, 1.54) is 0 Å². The summed E-state index contributed by atoms with van der Waals surface area (Å²) in [6.07, 6.45) is 0.405. The van der Waals surface area contributed by atoms with E-state index in [1.54, 1.807) is 6.07 Å². The van der Waals surface area contributed by atoms with Crippen molar-refractivity contribution in [2.24, 2.45) is 0 Å². The van der Waals surface area contributed by atoms with Crippen LogP contribution in [0.3, 0.4) is 0 Å². The lowest BCUT2D eigenvalue weighted by atomic mass is 10.2. The minimum absolute atomic E-state index is 0.00297. The summed E-state index contributed by atoms with van der Waals surface area (Å²) in [5.41, 5.74) is -1.05. The van der Waals surface area contributed by atoms with E-state index < -0.39 is 11.9 Å². The summed E-state index contributed by atoms with van der Waals surface area (Å²) in [5, 5.41) is 11.1. The summed E-state index contributed by atoms with van der Waals surface area (Å²) in [7, 11) is 0. The van der Waals surface area contributed by atoms with Crippen LogP contribution in [0.4, 0.5) is 19.0 Å². The summed E-state index contributed by atoms with van der Waals surface area (Å²) in [6.45, 7) is 0.00297. The first kappa shape index (κ1) is 11.9. The van der Waals surface area contributed by atoms with Gasteiger partial charge in [-0.25, -0.2) is 4.98 Å². The Hall–Kier alpha value is -2.21. The first-order valence-electron chi connectivity index (χ1n) is 4.14. The zero-order valence-corrected chi connectivity index (χ0v) is 7.97. The molecule has 0 spiro atoms. The topological polar surface area (TPSA) is 48.7 Å². The molecule has 0 aliphatic rings. The van der Waals surface area contributed by atoms with Crippen molar-refractivity contribution in [3.8, 4) is 18.4 Å². The van der Waals surface area contributed by atoms with E-state index in [-0.39, 0.29) is 17.9 Å². The van der Waals surface area contributed by atoms with Crippen LogP contribution in [0.25, 0.3) is 0 Å². The van der Waals surface area contributed by atoms with Gasteiger partial charge in [0.1, 0.15) is 17.6 Å². The molecule has 3 nitrogen and oxygen atoms in total. The SMILES string of the molecule is C#CCNc1nc(C(F)(F)F)ccc1C#N. The molecule has 1 aromatic heterocycles. The van der Waals surface area contributed by atoms with Crippen molar-refractivity contribution < 1.29 is 13.2 Å². The second-order valence-corrected chi connectivity index (χ2v) is 2.76. The zero-order valence-electron chi connectivity index (χ0n) is 7.97. The van der Waals surface area contributed by atoms with Crippen molar-refractivity contribution in [2.45, 2.75) is 6.18 Å². The fourth-order valence-electron chi connectivity index (χ4n) is 0.977. The molecule has 0 aliphatic heterocycles. The van der Waals surface area contributed by atoms with Crippen LogP contribution >= 0.6 is 0 Å². The van der Waals surface area contributed by atoms with Crippen LogP contribution in [0.2, 0.25) is 0 Å². The van der Waals surface area contributed by atoms with Crippen molar-refractivity contribution in [3.05, 3.63) is 23.4 Å². The smallest absolute Gasteiger partial charge is 0.358 e. The maximum Gasteiger partial charge on any atom is 0.433 e. The molecule has 0 saturated carbocycles. The molecule has 1 rings (SSSR count). The highest BCUT2D eigenvalue weighted by Crippen LogP contribution is 2.29. The molecule has 0 atom stereocenters. The zero-order chi connectivity index (χ0) is 12.2. The van der Waals surface area contributed by atoms with E-state index in [9.17, 15) is 13.2 Å². The number of alkyl halides is 3. The molecule has 0 aromatic carbocycles. The van der Waals surface area contributed by atoms with Gasteiger partial charge in [-0.05, 0) is 12.1 Å². The van der Waals surface area contributed by atoms with Crippen molar-refractivity contribution in [2.75, 3.05) is 11.9 Å². The van der Waals surface area contributed by atoms with Gasteiger partial charge >= 0.3 is 6.18 Å².